The summed E-state index contributed by atoms with van der Waals surface area (Å²) in [6.07, 6.45) is 0. The Balaban J connectivity index is -0.0000000737. The van der Waals surface area contributed by atoms with Crippen LogP contribution in [0, 0.1) is 7.43 Å². The first kappa shape index (κ1) is 34.6. The van der Waals surface area contributed by atoms with Crippen molar-refractivity contribution in [3.63, 3.8) is 0 Å². The third-order valence-electron chi connectivity index (χ3n) is 2.17. The van der Waals surface area contributed by atoms with Gasteiger partial charge in [-0.2, -0.15) is 17.5 Å². The molecule has 2 aromatic carbocycles. The van der Waals surface area contributed by atoms with Crippen LogP contribution in [0.5, 0.6) is 0 Å². The molecule has 23 heavy (non-hydrogen) atoms. The van der Waals surface area contributed by atoms with Gasteiger partial charge in [0, 0.05) is 11.0 Å². The maximum absolute atomic E-state index is 8.33. The van der Waals surface area contributed by atoms with E-state index in [2.05, 4.69) is 62.1 Å². The Bertz CT molecular complexity index is 435. The van der Waals surface area contributed by atoms with Gasteiger partial charge in [-0.15, -0.1) is 54.5 Å². The number of rotatable bonds is 3. The Morgan fingerprint density at radius 3 is 2.04 bits per heavy atom. The standard InChI is InChI=1S/C9H7.C5H14O2Si.CH3.2ClH.O.Si.Ti/c1-2-5-9-7-3-6-8(9)4-1;1-8(2,3)7-5-4-6;;;;;;/h1-7H;6H,4-5H2,1-3H3;1H3;2*1H;;;/q-1;;-1;;;;;+2. The van der Waals surface area contributed by atoms with Crippen molar-refractivity contribution in [1.29, 1.82) is 0 Å². The first-order chi connectivity index (χ1) is 9.03. The minimum absolute atomic E-state index is 0. The van der Waals surface area contributed by atoms with Crippen molar-refractivity contribution >= 4 is 54.9 Å². The molecule has 1 N–H and O–H groups in total. The van der Waals surface area contributed by atoms with E-state index in [1.165, 1.54) is 10.8 Å². The molecule has 0 amide bonds. The van der Waals surface area contributed by atoms with Crippen LogP contribution in [0.1, 0.15) is 0 Å². The number of aliphatic hydroxyl groups excluding tert-OH is 1. The van der Waals surface area contributed by atoms with Gasteiger partial charge in [-0.1, -0.05) is 6.07 Å². The number of halogens is 2. The topological polar surface area (TPSA) is 46.5 Å². The third kappa shape index (κ3) is 18.5. The van der Waals surface area contributed by atoms with Gasteiger partial charge in [0.15, 0.2) is 8.32 Å². The molecule has 2 aromatic rings. The second kappa shape index (κ2) is 20.3. The number of fused-ring (bicyclic) bond motifs is 1. The largest absolute Gasteiger partial charge is 0.168 e. The van der Waals surface area contributed by atoms with E-state index in [1.807, 2.05) is 0 Å². The molecule has 0 unspecified atom stereocenters. The summed E-state index contributed by atoms with van der Waals surface area (Å²) in [7, 11) is -1.34. The zero-order valence-corrected chi connectivity index (χ0v) is 19.2. The number of benzene rings is 1. The zero-order valence-electron chi connectivity index (χ0n) is 14.0. The first-order valence-electron chi connectivity index (χ1n) is 6.08. The summed E-state index contributed by atoms with van der Waals surface area (Å²) in [6, 6.07) is 14.7. The zero-order chi connectivity index (χ0) is 14.7. The van der Waals surface area contributed by atoms with Gasteiger partial charge < -0.3 is 17.0 Å². The smallest absolute Gasteiger partial charge is 0 e. The Morgan fingerprint density at radius 1 is 1.13 bits per heavy atom. The molecule has 0 aliphatic carbocycles. The van der Waals surface area contributed by atoms with Crippen LogP contribution in [0.4, 0.5) is 0 Å². The molecule has 0 aliphatic heterocycles. The number of hydrogen-bond donors (Lipinski definition) is 1. The molecule has 4 radical (unpaired) electrons. The quantitative estimate of drug-likeness (QED) is 0.588. The summed E-state index contributed by atoms with van der Waals surface area (Å²) in [6.45, 7) is 6.94. The molecule has 8 heteroatoms. The molecule has 0 atom stereocenters. The van der Waals surface area contributed by atoms with Gasteiger partial charge in [-0.25, -0.2) is 0 Å². The second-order valence-corrected chi connectivity index (χ2v) is 9.35. The van der Waals surface area contributed by atoms with E-state index in [0.29, 0.717) is 6.61 Å². The molecule has 3 nitrogen and oxygen atoms in total. The monoisotopic (exact) mass is 428 g/mol. The van der Waals surface area contributed by atoms with Crippen molar-refractivity contribution in [2.24, 2.45) is 0 Å². The van der Waals surface area contributed by atoms with E-state index in [-0.39, 0.29) is 49.8 Å². The molecule has 0 bridgehead atoms. The summed E-state index contributed by atoms with van der Waals surface area (Å²) in [4.78, 5) is 0. The molecular formula is C15H26Cl2O3Si2Ti. The summed E-state index contributed by atoms with van der Waals surface area (Å²) in [5.74, 6) is 0. The summed E-state index contributed by atoms with van der Waals surface area (Å²) < 4.78 is 13.5. The van der Waals surface area contributed by atoms with Crippen LogP contribution < -0.4 is 0 Å². The Morgan fingerprint density at radius 2 is 1.65 bits per heavy atom. The SMILES string of the molecule is C[Si](C)(C)OCCO.Cl.Cl.[CH3-].[O]=[Ti+2].[Si].c1ccc2[cH-]ccc2c1. The van der Waals surface area contributed by atoms with Gasteiger partial charge in [0.2, 0.25) is 0 Å². The van der Waals surface area contributed by atoms with Gasteiger partial charge in [-0.05, 0) is 19.6 Å². The van der Waals surface area contributed by atoms with E-state index in [4.69, 9.17) is 12.9 Å². The molecule has 0 saturated heterocycles. The van der Waals surface area contributed by atoms with Crippen LogP contribution in [0.15, 0.2) is 42.5 Å². The van der Waals surface area contributed by atoms with Crippen molar-refractivity contribution < 1.29 is 33.3 Å². The normalized spacial score (nSPS) is 8.43. The molecule has 0 aliphatic rings. The van der Waals surface area contributed by atoms with Crippen molar-refractivity contribution in [3.8, 4) is 0 Å². The maximum Gasteiger partial charge on any atom is 0 e. The summed E-state index contributed by atoms with van der Waals surface area (Å²) >= 11 is 0.750. The van der Waals surface area contributed by atoms with Crippen LogP contribution in [0.3, 0.4) is 0 Å². The molecule has 0 fully saturated rings. The molecular weight excluding hydrogens is 403 g/mol. The van der Waals surface area contributed by atoms with Gasteiger partial charge >= 0.3 is 23.7 Å². The molecule has 0 saturated carbocycles. The molecule has 130 valence electrons. The average Bonchev–Trinajstić information content (AvgIpc) is 2.87. The fraction of sp³-hybridized carbons (Fsp3) is 0.333. The summed E-state index contributed by atoms with van der Waals surface area (Å²) in [5.41, 5.74) is 0. The van der Waals surface area contributed by atoms with Crippen LogP contribution >= 0.6 is 24.8 Å². The Hall–Kier alpha value is 0.278. The van der Waals surface area contributed by atoms with E-state index >= 15 is 0 Å². The molecule has 0 aromatic heterocycles. The van der Waals surface area contributed by atoms with Crippen LogP contribution in [-0.4, -0.2) is 37.6 Å². The predicted molar refractivity (Wildman–Crippen MR) is 103 cm³/mol. The van der Waals surface area contributed by atoms with Crippen molar-refractivity contribution in [3.05, 3.63) is 49.9 Å². The average molecular weight is 429 g/mol. The third-order valence-corrected chi connectivity index (χ3v) is 3.24. The molecule has 2 rings (SSSR count). The van der Waals surface area contributed by atoms with Crippen LogP contribution in [0.25, 0.3) is 10.8 Å². The minimum atomic E-state index is -1.34. The predicted octanol–water partition coefficient (Wildman–Crippen LogP) is 4.18. The van der Waals surface area contributed by atoms with E-state index in [1.54, 1.807) is 0 Å². The summed E-state index contributed by atoms with van der Waals surface area (Å²) in [5, 5.41) is 11.0. The van der Waals surface area contributed by atoms with Gasteiger partial charge in [0.05, 0.1) is 13.2 Å². The van der Waals surface area contributed by atoms with Crippen molar-refractivity contribution in [2.45, 2.75) is 19.6 Å². The van der Waals surface area contributed by atoms with E-state index in [9.17, 15) is 0 Å². The number of aliphatic hydroxyl groups is 1. The Kier molecular flexibility index (Phi) is 30.6. The molecule has 0 spiro atoms. The number of hydrogen-bond acceptors (Lipinski definition) is 3. The second-order valence-electron chi connectivity index (χ2n) is 4.84. The minimum Gasteiger partial charge on any atom is -0.168 e. The van der Waals surface area contributed by atoms with Crippen LogP contribution in [0.2, 0.25) is 19.6 Å². The van der Waals surface area contributed by atoms with Gasteiger partial charge in [0.25, 0.3) is 0 Å². The van der Waals surface area contributed by atoms with Crippen molar-refractivity contribution in [2.75, 3.05) is 13.2 Å². The van der Waals surface area contributed by atoms with E-state index < -0.39 is 8.32 Å². The van der Waals surface area contributed by atoms with Crippen LogP contribution in [-0.2, 0) is 28.2 Å². The van der Waals surface area contributed by atoms with E-state index in [0.717, 1.165) is 20.4 Å². The maximum atomic E-state index is 8.33. The fourth-order valence-corrected chi connectivity index (χ4v) is 2.13. The molecule has 0 heterocycles. The fourth-order valence-electron chi connectivity index (χ4n) is 1.42. The van der Waals surface area contributed by atoms with Gasteiger partial charge in [0.1, 0.15) is 0 Å². The van der Waals surface area contributed by atoms with Crippen molar-refractivity contribution in [1.82, 2.24) is 0 Å². The first-order valence-corrected chi connectivity index (χ1v) is 10.1. The van der Waals surface area contributed by atoms with Gasteiger partial charge in [-0.3, -0.25) is 0 Å². The Labute approximate surface area is 170 Å².